The summed E-state index contributed by atoms with van der Waals surface area (Å²) in [4.78, 5) is 8.27. The summed E-state index contributed by atoms with van der Waals surface area (Å²) in [6, 6.07) is 7.61. The molecule has 0 aromatic carbocycles. The maximum atomic E-state index is 8.75. The number of nitrogens with zero attached hydrogens (tertiary/aromatic N) is 3. The molecule has 0 N–H and O–H groups in total. The third kappa shape index (κ3) is 2.18. The maximum Gasteiger partial charge on any atom is 0.0761 e. The number of halogens is 1. The molecule has 0 bridgehead atoms. The van der Waals surface area contributed by atoms with E-state index in [9.17, 15) is 0 Å². The lowest BCUT2D eigenvalue weighted by molar-refractivity contribution is 1.19. The predicted octanol–water partition coefficient (Wildman–Crippen LogP) is 2.86. The molecule has 16 heavy (non-hydrogen) atoms. The molecule has 3 nitrogen and oxygen atoms in total. The number of hydrogen-bond donors (Lipinski definition) is 0. The Kier molecular flexibility index (Phi) is 3.13. The van der Waals surface area contributed by atoms with E-state index >= 15 is 0 Å². The van der Waals surface area contributed by atoms with Gasteiger partial charge in [-0.3, -0.25) is 9.97 Å². The Morgan fingerprint density at radius 3 is 2.94 bits per heavy atom. The van der Waals surface area contributed by atoms with E-state index in [1.54, 1.807) is 24.7 Å². The van der Waals surface area contributed by atoms with Gasteiger partial charge in [-0.15, -0.1) is 0 Å². The molecule has 0 amide bonds. The van der Waals surface area contributed by atoms with E-state index in [2.05, 4.69) is 16.0 Å². The Balaban J connectivity index is 2.53. The number of pyridine rings is 2. The van der Waals surface area contributed by atoms with Gasteiger partial charge in [-0.2, -0.15) is 5.26 Å². The minimum atomic E-state index is 0.289. The molecule has 0 fully saturated rings. The molecule has 0 saturated heterocycles. The van der Waals surface area contributed by atoms with E-state index in [4.69, 9.17) is 16.9 Å². The summed E-state index contributed by atoms with van der Waals surface area (Å²) in [6.45, 7) is 0. The van der Waals surface area contributed by atoms with Crippen LogP contribution in [-0.2, 0) is 6.42 Å². The highest BCUT2D eigenvalue weighted by Crippen LogP contribution is 2.23. The summed E-state index contributed by atoms with van der Waals surface area (Å²) in [5.74, 6) is 0. The quantitative estimate of drug-likeness (QED) is 0.796. The van der Waals surface area contributed by atoms with Crippen LogP contribution in [0, 0.1) is 11.3 Å². The molecule has 0 atom stereocenters. The molecule has 2 rings (SSSR count). The topological polar surface area (TPSA) is 49.6 Å². The first-order valence-electron chi connectivity index (χ1n) is 4.73. The lowest BCUT2D eigenvalue weighted by Gasteiger charge is -2.05. The van der Waals surface area contributed by atoms with Gasteiger partial charge in [0, 0.05) is 24.2 Å². The fraction of sp³-hybridized carbons (Fsp3) is 0.0833. The molecule has 0 aliphatic carbocycles. The molecule has 4 heteroatoms. The van der Waals surface area contributed by atoms with Crippen LogP contribution in [0.25, 0.3) is 11.3 Å². The summed E-state index contributed by atoms with van der Waals surface area (Å²) in [6.07, 6.45) is 5.28. The first kappa shape index (κ1) is 10.6. The molecule has 0 saturated carbocycles. The van der Waals surface area contributed by atoms with Crippen molar-refractivity contribution in [3.63, 3.8) is 0 Å². The van der Waals surface area contributed by atoms with E-state index in [-0.39, 0.29) is 6.42 Å². The van der Waals surface area contributed by atoms with Crippen molar-refractivity contribution in [2.75, 3.05) is 0 Å². The standard InChI is InChI=1S/C12H8ClN3/c13-11-6-9(3-4-14)12(16-8-11)10-2-1-5-15-7-10/h1-2,5-8H,3H2. The fourth-order valence-corrected chi connectivity index (χ4v) is 1.64. The summed E-state index contributed by atoms with van der Waals surface area (Å²) < 4.78 is 0. The van der Waals surface area contributed by atoms with Crippen LogP contribution in [-0.4, -0.2) is 9.97 Å². The molecule has 0 unspecified atom stereocenters. The van der Waals surface area contributed by atoms with E-state index < -0.39 is 0 Å². The van der Waals surface area contributed by atoms with Crippen LogP contribution in [0.2, 0.25) is 5.02 Å². The van der Waals surface area contributed by atoms with Crippen LogP contribution in [0.15, 0.2) is 36.8 Å². The second-order valence-electron chi connectivity index (χ2n) is 3.24. The fourth-order valence-electron chi connectivity index (χ4n) is 1.46. The zero-order chi connectivity index (χ0) is 11.4. The van der Waals surface area contributed by atoms with Gasteiger partial charge in [-0.05, 0) is 23.8 Å². The lowest BCUT2D eigenvalue weighted by atomic mass is 10.1. The number of nitriles is 1. The molecular formula is C12H8ClN3. The minimum Gasteiger partial charge on any atom is -0.264 e. The van der Waals surface area contributed by atoms with Gasteiger partial charge in [0.25, 0.3) is 0 Å². The average Bonchev–Trinajstić information content (AvgIpc) is 2.31. The second kappa shape index (κ2) is 4.73. The largest absolute Gasteiger partial charge is 0.264 e. The minimum absolute atomic E-state index is 0.289. The number of rotatable bonds is 2. The van der Waals surface area contributed by atoms with Gasteiger partial charge in [-0.1, -0.05) is 11.6 Å². The lowest BCUT2D eigenvalue weighted by Crippen LogP contribution is -1.92. The van der Waals surface area contributed by atoms with Gasteiger partial charge in [0.1, 0.15) is 0 Å². The van der Waals surface area contributed by atoms with E-state index in [0.29, 0.717) is 5.02 Å². The molecule has 2 heterocycles. The summed E-state index contributed by atoms with van der Waals surface area (Å²) >= 11 is 5.85. The van der Waals surface area contributed by atoms with Crippen molar-refractivity contribution >= 4 is 11.6 Å². The van der Waals surface area contributed by atoms with Crippen LogP contribution < -0.4 is 0 Å². The van der Waals surface area contributed by atoms with E-state index in [1.807, 2.05) is 12.1 Å². The van der Waals surface area contributed by atoms with Gasteiger partial charge in [0.05, 0.1) is 23.2 Å². The van der Waals surface area contributed by atoms with E-state index in [0.717, 1.165) is 16.8 Å². The van der Waals surface area contributed by atoms with Crippen molar-refractivity contribution in [1.82, 2.24) is 9.97 Å². The highest BCUT2D eigenvalue weighted by molar-refractivity contribution is 6.30. The molecule has 0 spiro atoms. The van der Waals surface area contributed by atoms with Crippen LogP contribution in [0.5, 0.6) is 0 Å². The van der Waals surface area contributed by atoms with Crippen LogP contribution >= 0.6 is 11.6 Å². The monoisotopic (exact) mass is 229 g/mol. The molecule has 78 valence electrons. The number of hydrogen-bond acceptors (Lipinski definition) is 3. The van der Waals surface area contributed by atoms with Crippen LogP contribution in [0.3, 0.4) is 0 Å². The highest BCUT2D eigenvalue weighted by atomic mass is 35.5. The Morgan fingerprint density at radius 2 is 2.25 bits per heavy atom. The molecular weight excluding hydrogens is 222 g/mol. The molecule has 0 aliphatic heterocycles. The highest BCUT2D eigenvalue weighted by Gasteiger charge is 2.07. The zero-order valence-corrected chi connectivity index (χ0v) is 9.15. The smallest absolute Gasteiger partial charge is 0.0761 e. The third-order valence-corrected chi connectivity index (χ3v) is 2.34. The molecule has 2 aromatic rings. The van der Waals surface area contributed by atoms with Crippen molar-refractivity contribution < 1.29 is 0 Å². The summed E-state index contributed by atoms with van der Waals surface area (Å²) in [5.41, 5.74) is 2.48. The SMILES string of the molecule is N#CCc1cc(Cl)cnc1-c1cccnc1. The molecule has 0 aliphatic rings. The normalized spacial score (nSPS) is 9.75. The van der Waals surface area contributed by atoms with Crippen molar-refractivity contribution in [2.24, 2.45) is 0 Å². The van der Waals surface area contributed by atoms with Crippen LogP contribution in [0.1, 0.15) is 5.56 Å². The van der Waals surface area contributed by atoms with E-state index in [1.165, 1.54) is 0 Å². The molecule has 2 aromatic heterocycles. The Hall–Kier alpha value is -1.92. The first-order chi connectivity index (χ1) is 7.81. The second-order valence-corrected chi connectivity index (χ2v) is 3.67. The zero-order valence-electron chi connectivity index (χ0n) is 8.39. The number of aromatic nitrogens is 2. The van der Waals surface area contributed by atoms with Crippen molar-refractivity contribution in [3.8, 4) is 17.3 Å². The van der Waals surface area contributed by atoms with Gasteiger partial charge < -0.3 is 0 Å². The Morgan fingerprint density at radius 1 is 1.38 bits per heavy atom. The van der Waals surface area contributed by atoms with Gasteiger partial charge >= 0.3 is 0 Å². The first-order valence-corrected chi connectivity index (χ1v) is 5.11. The van der Waals surface area contributed by atoms with Crippen molar-refractivity contribution in [2.45, 2.75) is 6.42 Å². The van der Waals surface area contributed by atoms with Crippen molar-refractivity contribution in [1.29, 1.82) is 5.26 Å². The molecule has 0 radical (unpaired) electrons. The summed E-state index contributed by atoms with van der Waals surface area (Å²) in [5, 5.41) is 9.29. The average molecular weight is 230 g/mol. The Labute approximate surface area is 98.4 Å². The maximum absolute atomic E-state index is 8.75. The van der Waals surface area contributed by atoms with Gasteiger partial charge in [0.15, 0.2) is 0 Å². The van der Waals surface area contributed by atoms with Crippen molar-refractivity contribution in [3.05, 3.63) is 47.4 Å². The summed E-state index contributed by atoms with van der Waals surface area (Å²) in [7, 11) is 0. The van der Waals surface area contributed by atoms with Crippen LogP contribution in [0.4, 0.5) is 0 Å². The third-order valence-electron chi connectivity index (χ3n) is 2.14. The predicted molar refractivity (Wildman–Crippen MR) is 61.8 cm³/mol. The van der Waals surface area contributed by atoms with Gasteiger partial charge in [-0.25, -0.2) is 0 Å². The Bertz CT molecular complexity index is 532. The van der Waals surface area contributed by atoms with Gasteiger partial charge in [0.2, 0.25) is 0 Å².